The number of hydrogen-bond acceptors (Lipinski definition) is 6. The van der Waals surface area contributed by atoms with Crippen LogP contribution < -0.4 is 5.32 Å². The molecular formula is C17H21ClFN3O3S2. The van der Waals surface area contributed by atoms with Crippen LogP contribution in [0, 0.1) is 5.82 Å². The van der Waals surface area contributed by atoms with Crippen molar-refractivity contribution in [3.05, 3.63) is 40.7 Å². The zero-order valence-corrected chi connectivity index (χ0v) is 17.2. The molecule has 0 radical (unpaired) electrons. The number of carbonyl (C=O) groups is 1. The molecule has 0 atom stereocenters. The van der Waals surface area contributed by atoms with Crippen LogP contribution in [0.1, 0.15) is 23.4 Å². The summed E-state index contributed by atoms with van der Waals surface area (Å²) in [6.45, 7) is 1.78. The Morgan fingerprint density at radius 1 is 1.33 bits per heavy atom. The minimum Gasteiger partial charge on any atom is -0.302 e. The first-order valence-electron chi connectivity index (χ1n) is 8.29. The fourth-order valence-electron chi connectivity index (χ4n) is 2.74. The minimum absolute atomic E-state index is 0. The van der Waals surface area contributed by atoms with Gasteiger partial charge in [-0.05, 0) is 37.7 Å². The number of likely N-dealkylation sites (N-methyl/N-ethyl adjacent to an activating group) is 1. The molecule has 1 amide bonds. The molecule has 1 aromatic carbocycles. The Morgan fingerprint density at radius 3 is 2.74 bits per heavy atom. The molecule has 0 aliphatic carbocycles. The summed E-state index contributed by atoms with van der Waals surface area (Å²) in [5, 5.41) is 3.32. The first-order chi connectivity index (χ1) is 12.3. The Morgan fingerprint density at radius 2 is 2.04 bits per heavy atom. The van der Waals surface area contributed by atoms with Crippen molar-refractivity contribution in [2.75, 3.05) is 24.7 Å². The topological polar surface area (TPSA) is 79.4 Å². The molecule has 6 nitrogen and oxygen atoms in total. The third-order valence-electron chi connectivity index (χ3n) is 4.16. The summed E-state index contributed by atoms with van der Waals surface area (Å²) >= 11 is 1.47. The lowest BCUT2D eigenvalue weighted by molar-refractivity contribution is -0.116. The van der Waals surface area contributed by atoms with Gasteiger partial charge in [-0.2, -0.15) is 0 Å². The molecule has 0 fully saturated rings. The van der Waals surface area contributed by atoms with Crippen molar-refractivity contribution < 1.29 is 17.6 Å². The number of fused-ring (bicyclic) bond motifs is 1. The van der Waals surface area contributed by atoms with Crippen LogP contribution in [0.5, 0.6) is 0 Å². The number of anilines is 1. The van der Waals surface area contributed by atoms with Crippen molar-refractivity contribution in [2.24, 2.45) is 0 Å². The average molecular weight is 434 g/mol. The summed E-state index contributed by atoms with van der Waals surface area (Å²) in [5.74, 6) is -0.898. The van der Waals surface area contributed by atoms with E-state index in [0.29, 0.717) is 5.13 Å². The van der Waals surface area contributed by atoms with E-state index < -0.39 is 15.7 Å². The van der Waals surface area contributed by atoms with Gasteiger partial charge in [-0.1, -0.05) is 0 Å². The Bertz CT molecular complexity index is 901. The number of aromatic nitrogens is 1. The van der Waals surface area contributed by atoms with E-state index in [1.807, 2.05) is 7.05 Å². The van der Waals surface area contributed by atoms with Crippen LogP contribution in [-0.2, 0) is 27.6 Å². The molecule has 27 heavy (non-hydrogen) atoms. The first-order valence-corrected chi connectivity index (χ1v) is 10.8. The Balaban J connectivity index is 0.00000261. The summed E-state index contributed by atoms with van der Waals surface area (Å²) in [6.07, 6.45) is 1.15. The molecule has 0 spiro atoms. The van der Waals surface area contributed by atoms with Crippen molar-refractivity contribution in [1.29, 1.82) is 0 Å². The highest BCUT2D eigenvalue weighted by atomic mass is 35.5. The summed E-state index contributed by atoms with van der Waals surface area (Å²) in [4.78, 5) is 19.9. The summed E-state index contributed by atoms with van der Waals surface area (Å²) < 4.78 is 37.2. The fourth-order valence-corrected chi connectivity index (χ4v) is 5.16. The zero-order valence-electron chi connectivity index (χ0n) is 14.8. The molecule has 0 bridgehead atoms. The normalized spacial score (nSPS) is 14.3. The maximum Gasteiger partial charge on any atom is 0.226 e. The molecule has 1 aromatic heterocycles. The van der Waals surface area contributed by atoms with Gasteiger partial charge in [0.25, 0.3) is 0 Å². The van der Waals surface area contributed by atoms with E-state index in [0.717, 1.165) is 42.2 Å². The molecule has 0 saturated heterocycles. The standard InChI is InChI=1S/C17H20FN3O3S2.ClH/c1-21-9-8-14-15(11-21)25-17(19-14)20-16(22)3-2-10-26(23,24)13-6-4-12(18)5-7-13;/h4-7H,2-3,8-11H2,1H3,(H,19,20,22);1H. The summed E-state index contributed by atoms with van der Waals surface area (Å²) in [7, 11) is -1.48. The molecular weight excluding hydrogens is 413 g/mol. The highest BCUT2D eigenvalue weighted by Gasteiger charge is 2.19. The molecule has 3 rings (SSSR count). The predicted molar refractivity (Wildman–Crippen MR) is 106 cm³/mol. The number of rotatable bonds is 6. The van der Waals surface area contributed by atoms with E-state index in [4.69, 9.17) is 0 Å². The molecule has 2 heterocycles. The third-order valence-corrected chi connectivity index (χ3v) is 6.97. The number of sulfone groups is 1. The van der Waals surface area contributed by atoms with Crippen LogP contribution in [0.3, 0.4) is 0 Å². The number of amides is 1. The molecule has 2 aromatic rings. The smallest absolute Gasteiger partial charge is 0.226 e. The minimum atomic E-state index is -3.52. The molecule has 0 unspecified atom stereocenters. The van der Waals surface area contributed by atoms with Crippen LogP contribution in [-0.4, -0.2) is 43.6 Å². The van der Waals surface area contributed by atoms with Crippen molar-refractivity contribution in [3.63, 3.8) is 0 Å². The Hall–Kier alpha value is -1.55. The largest absolute Gasteiger partial charge is 0.302 e. The number of hydrogen-bond donors (Lipinski definition) is 1. The predicted octanol–water partition coefficient (Wildman–Crippen LogP) is 2.88. The van der Waals surface area contributed by atoms with Crippen LogP contribution in [0.15, 0.2) is 29.2 Å². The number of thiazole rings is 1. The van der Waals surface area contributed by atoms with E-state index in [1.54, 1.807) is 0 Å². The van der Waals surface area contributed by atoms with E-state index in [9.17, 15) is 17.6 Å². The molecule has 1 aliphatic rings. The number of nitrogens with zero attached hydrogens (tertiary/aromatic N) is 2. The second-order valence-electron chi connectivity index (χ2n) is 6.30. The summed E-state index contributed by atoms with van der Waals surface area (Å²) in [6, 6.07) is 4.70. The van der Waals surface area contributed by atoms with Gasteiger partial charge in [0.1, 0.15) is 5.82 Å². The molecule has 1 N–H and O–H groups in total. The molecule has 0 saturated carbocycles. The maximum absolute atomic E-state index is 12.9. The quantitative estimate of drug-likeness (QED) is 0.708. The fraction of sp³-hybridized carbons (Fsp3) is 0.412. The third kappa shape index (κ3) is 5.71. The van der Waals surface area contributed by atoms with Gasteiger partial charge < -0.3 is 10.2 Å². The lowest BCUT2D eigenvalue weighted by Gasteiger charge is -2.20. The van der Waals surface area contributed by atoms with E-state index >= 15 is 0 Å². The van der Waals surface area contributed by atoms with Gasteiger partial charge in [0, 0.05) is 30.8 Å². The lowest BCUT2D eigenvalue weighted by atomic mass is 10.2. The van der Waals surface area contributed by atoms with Gasteiger partial charge >= 0.3 is 0 Å². The zero-order chi connectivity index (χ0) is 18.7. The van der Waals surface area contributed by atoms with Crippen LogP contribution in [0.2, 0.25) is 0 Å². The van der Waals surface area contributed by atoms with Crippen molar-refractivity contribution in [2.45, 2.75) is 30.7 Å². The second-order valence-corrected chi connectivity index (χ2v) is 9.49. The molecule has 10 heteroatoms. The number of benzene rings is 1. The van der Waals surface area contributed by atoms with Crippen molar-refractivity contribution >= 4 is 44.6 Å². The molecule has 148 valence electrons. The highest BCUT2D eigenvalue weighted by molar-refractivity contribution is 7.91. The first kappa shape index (κ1) is 21.7. The van der Waals surface area contributed by atoms with Crippen molar-refractivity contribution in [3.8, 4) is 0 Å². The van der Waals surface area contributed by atoms with Crippen molar-refractivity contribution in [1.82, 2.24) is 9.88 Å². The van der Waals surface area contributed by atoms with E-state index in [1.165, 1.54) is 23.5 Å². The lowest BCUT2D eigenvalue weighted by Crippen LogP contribution is -2.25. The maximum atomic E-state index is 12.9. The van der Waals surface area contributed by atoms with E-state index in [2.05, 4.69) is 15.2 Å². The highest BCUT2D eigenvalue weighted by Crippen LogP contribution is 2.27. The van der Waals surface area contributed by atoms with Gasteiger partial charge in [-0.15, -0.1) is 23.7 Å². The van der Waals surface area contributed by atoms with Gasteiger partial charge in [0.15, 0.2) is 15.0 Å². The van der Waals surface area contributed by atoms with Crippen LogP contribution >= 0.6 is 23.7 Å². The number of nitrogens with one attached hydrogen (secondary N) is 1. The average Bonchev–Trinajstić information content (AvgIpc) is 2.96. The van der Waals surface area contributed by atoms with Gasteiger partial charge in [0.2, 0.25) is 5.91 Å². The van der Waals surface area contributed by atoms with Gasteiger partial charge in [-0.3, -0.25) is 4.79 Å². The Labute approximate surface area is 168 Å². The Kier molecular flexibility index (Phi) is 7.32. The number of carbonyl (C=O) groups excluding carboxylic acids is 1. The molecule has 1 aliphatic heterocycles. The summed E-state index contributed by atoms with van der Waals surface area (Å²) in [5.41, 5.74) is 1.03. The van der Waals surface area contributed by atoms with E-state index in [-0.39, 0.29) is 41.8 Å². The van der Waals surface area contributed by atoms with Gasteiger partial charge in [-0.25, -0.2) is 17.8 Å². The SMILES string of the molecule is CN1CCc2nc(NC(=O)CCCS(=O)(=O)c3ccc(F)cc3)sc2C1.Cl. The second kappa shape index (κ2) is 9.09. The van der Waals surface area contributed by atoms with Crippen LogP contribution in [0.4, 0.5) is 9.52 Å². The monoisotopic (exact) mass is 433 g/mol. The van der Waals surface area contributed by atoms with Gasteiger partial charge in [0.05, 0.1) is 16.3 Å². The number of halogens is 2. The van der Waals surface area contributed by atoms with Crippen LogP contribution in [0.25, 0.3) is 0 Å².